The molecule has 1 saturated carbocycles. The highest BCUT2D eigenvalue weighted by atomic mass is 16.5. The normalized spacial score (nSPS) is 21.1. The maximum absolute atomic E-state index is 10.9. The molecule has 0 amide bonds. The summed E-state index contributed by atoms with van der Waals surface area (Å²) in [7, 11) is 0. The molecule has 0 aromatic heterocycles. The molecule has 1 aliphatic rings. The summed E-state index contributed by atoms with van der Waals surface area (Å²) in [4.78, 5) is 10.9. The molecule has 1 unspecified atom stereocenters. The van der Waals surface area contributed by atoms with Gasteiger partial charge in [0.05, 0.1) is 6.61 Å². The second-order valence-corrected chi connectivity index (χ2v) is 3.69. The lowest BCUT2D eigenvalue weighted by molar-refractivity contribution is -0.146. The van der Waals surface area contributed by atoms with Crippen LogP contribution in [0.3, 0.4) is 0 Å². The number of carboxylic acid groups (broad SMARTS) is 1. The molecular weight excluding hydrogens is 170 g/mol. The van der Waals surface area contributed by atoms with E-state index in [1.54, 1.807) is 6.92 Å². The summed E-state index contributed by atoms with van der Waals surface area (Å²) in [6, 6.07) is 0.376. The summed E-state index contributed by atoms with van der Waals surface area (Å²) < 4.78 is 5.15. The van der Waals surface area contributed by atoms with E-state index in [2.05, 4.69) is 5.32 Å². The molecule has 76 valence electrons. The molecule has 0 heterocycles. The highest BCUT2D eigenvalue weighted by Gasteiger charge is 2.38. The van der Waals surface area contributed by atoms with E-state index in [1.165, 1.54) is 0 Å². The van der Waals surface area contributed by atoms with Crippen molar-refractivity contribution in [2.24, 2.45) is 0 Å². The van der Waals surface area contributed by atoms with Gasteiger partial charge in [0.15, 0.2) is 0 Å². The van der Waals surface area contributed by atoms with Crippen LogP contribution in [-0.4, -0.2) is 35.9 Å². The Labute approximate surface area is 78.3 Å². The quantitative estimate of drug-likeness (QED) is 0.640. The number of carbonyl (C=O) groups is 1. The average Bonchev–Trinajstić information content (AvgIpc) is 2.84. The van der Waals surface area contributed by atoms with E-state index >= 15 is 0 Å². The Kier molecular flexibility index (Phi) is 3.27. The van der Waals surface area contributed by atoms with E-state index in [-0.39, 0.29) is 6.61 Å². The fourth-order valence-corrected chi connectivity index (χ4v) is 1.15. The topological polar surface area (TPSA) is 58.6 Å². The summed E-state index contributed by atoms with van der Waals surface area (Å²) in [5.74, 6) is -0.840. The van der Waals surface area contributed by atoms with Crippen LogP contribution in [0.2, 0.25) is 0 Å². The Morgan fingerprint density at radius 2 is 2.31 bits per heavy atom. The van der Waals surface area contributed by atoms with Crippen molar-refractivity contribution < 1.29 is 14.6 Å². The van der Waals surface area contributed by atoms with Crippen LogP contribution in [0.4, 0.5) is 0 Å². The lowest BCUT2D eigenvalue weighted by Gasteiger charge is -2.25. The van der Waals surface area contributed by atoms with Gasteiger partial charge in [-0.3, -0.25) is 10.1 Å². The molecule has 4 nitrogen and oxygen atoms in total. The lowest BCUT2D eigenvalue weighted by Crippen LogP contribution is -2.54. The first-order valence-electron chi connectivity index (χ1n) is 4.67. The molecule has 0 aromatic rings. The molecule has 1 aliphatic carbocycles. The highest BCUT2D eigenvalue weighted by molar-refractivity contribution is 5.78. The summed E-state index contributed by atoms with van der Waals surface area (Å²) in [6.07, 6.45) is 2.16. The van der Waals surface area contributed by atoms with Gasteiger partial charge in [-0.05, 0) is 26.7 Å². The van der Waals surface area contributed by atoms with E-state index < -0.39 is 11.5 Å². The smallest absolute Gasteiger partial charge is 0.326 e. The van der Waals surface area contributed by atoms with E-state index in [1.807, 2.05) is 6.92 Å². The predicted octanol–water partition coefficient (Wildman–Crippen LogP) is 0.618. The van der Waals surface area contributed by atoms with Gasteiger partial charge in [0.2, 0.25) is 0 Å². The zero-order valence-electron chi connectivity index (χ0n) is 8.17. The number of nitrogens with one attached hydrogen (secondary N) is 1. The van der Waals surface area contributed by atoms with Crippen LogP contribution >= 0.6 is 0 Å². The van der Waals surface area contributed by atoms with Crippen LogP contribution in [0.5, 0.6) is 0 Å². The van der Waals surface area contributed by atoms with Gasteiger partial charge in [-0.15, -0.1) is 0 Å². The third-order valence-corrected chi connectivity index (χ3v) is 2.17. The molecule has 13 heavy (non-hydrogen) atoms. The minimum Gasteiger partial charge on any atom is -0.480 e. The minimum atomic E-state index is -0.919. The predicted molar refractivity (Wildman–Crippen MR) is 48.7 cm³/mol. The van der Waals surface area contributed by atoms with Gasteiger partial charge < -0.3 is 9.84 Å². The monoisotopic (exact) mass is 187 g/mol. The summed E-state index contributed by atoms with van der Waals surface area (Å²) >= 11 is 0. The lowest BCUT2D eigenvalue weighted by atomic mass is 10.0. The maximum atomic E-state index is 10.9. The average molecular weight is 187 g/mol. The largest absolute Gasteiger partial charge is 0.480 e. The fourth-order valence-electron chi connectivity index (χ4n) is 1.15. The van der Waals surface area contributed by atoms with Crippen molar-refractivity contribution in [3.63, 3.8) is 0 Å². The molecule has 1 fully saturated rings. The van der Waals surface area contributed by atoms with E-state index in [0.717, 1.165) is 12.8 Å². The Bertz CT molecular complexity index is 191. The first-order chi connectivity index (χ1) is 6.08. The van der Waals surface area contributed by atoms with Gasteiger partial charge in [0, 0.05) is 12.6 Å². The van der Waals surface area contributed by atoms with Crippen LogP contribution in [0, 0.1) is 0 Å². The zero-order chi connectivity index (χ0) is 9.90. The van der Waals surface area contributed by atoms with Crippen molar-refractivity contribution in [2.75, 3.05) is 13.2 Å². The van der Waals surface area contributed by atoms with Gasteiger partial charge in [0.25, 0.3) is 0 Å². The number of carboxylic acids is 1. The van der Waals surface area contributed by atoms with Crippen LogP contribution < -0.4 is 5.32 Å². The molecule has 0 bridgehead atoms. The first kappa shape index (κ1) is 10.5. The molecule has 2 N–H and O–H groups in total. The third-order valence-electron chi connectivity index (χ3n) is 2.17. The third kappa shape index (κ3) is 2.97. The second kappa shape index (κ2) is 4.07. The van der Waals surface area contributed by atoms with Gasteiger partial charge in [-0.25, -0.2) is 0 Å². The second-order valence-electron chi connectivity index (χ2n) is 3.69. The van der Waals surface area contributed by atoms with Crippen LogP contribution in [0.25, 0.3) is 0 Å². The molecular formula is C9H17NO3. The van der Waals surface area contributed by atoms with Gasteiger partial charge in [-0.1, -0.05) is 0 Å². The Hall–Kier alpha value is -0.610. The van der Waals surface area contributed by atoms with Gasteiger partial charge >= 0.3 is 5.97 Å². The van der Waals surface area contributed by atoms with E-state index in [4.69, 9.17) is 9.84 Å². The first-order valence-corrected chi connectivity index (χ1v) is 4.67. The van der Waals surface area contributed by atoms with Crippen LogP contribution in [0.1, 0.15) is 26.7 Å². The van der Waals surface area contributed by atoms with Crippen molar-refractivity contribution in [3.8, 4) is 0 Å². The Balaban J connectivity index is 2.45. The SMILES string of the molecule is CCOCC(C)(NC1CC1)C(=O)O. The zero-order valence-corrected chi connectivity index (χ0v) is 8.17. The number of hydrogen-bond donors (Lipinski definition) is 2. The standard InChI is InChI=1S/C9H17NO3/c1-3-13-6-9(2,8(11)12)10-7-4-5-7/h7,10H,3-6H2,1-2H3,(H,11,12). The molecule has 1 rings (SSSR count). The highest BCUT2D eigenvalue weighted by Crippen LogP contribution is 2.22. The van der Waals surface area contributed by atoms with Gasteiger partial charge in [-0.2, -0.15) is 0 Å². The minimum absolute atomic E-state index is 0.231. The van der Waals surface area contributed by atoms with Crippen molar-refractivity contribution in [3.05, 3.63) is 0 Å². The molecule has 0 saturated heterocycles. The number of hydrogen-bond acceptors (Lipinski definition) is 3. The number of rotatable bonds is 6. The fraction of sp³-hybridized carbons (Fsp3) is 0.889. The van der Waals surface area contributed by atoms with E-state index in [9.17, 15) is 4.79 Å². The Morgan fingerprint density at radius 3 is 2.69 bits per heavy atom. The number of aliphatic carboxylic acids is 1. The van der Waals surface area contributed by atoms with Crippen LogP contribution in [0.15, 0.2) is 0 Å². The molecule has 1 atom stereocenters. The summed E-state index contributed by atoms with van der Waals surface area (Å²) in [5, 5.41) is 12.1. The van der Waals surface area contributed by atoms with Crippen molar-refractivity contribution in [1.29, 1.82) is 0 Å². The molecule has 0 aliphatic heterocycles. The van der Waals surface area contributed by atoms with Crippen molar-refractivity contribution in [2.45, 2.75) is 38.3 Å². The molecule has 4 heteroatoms. The van der Waals surface area contributed by atoms with E-state index in [0.29, 0.717) is 12.6 Å². The van der Waals surface area contributed by atoms with Crippen molar-refractivity contribution in [1.82, 2.24) is 5.32 Å². The molecule has 0 spiro atoms. The van der Waals surface area contributed by atoms with Crippen LogP contribution in [-0.2, 0) is 9.53 Å². The Morgan fingerprint density at radius 1 is 1.69 bits per heavy atom. The molecule has 0 aromatic carbocycles. The number of ether oxygens (including phenoxy) is 1. The summed E-state index contributed by atoms with van der Waals surface area (Å²) in [5.41, 5.74) is -0.919. The summed E-state index contributed by atoms with van der Waals surface area (Å²) in [6.45, 7) is 4.31. The van der Waals surface area contributed by atoms with Gasteiger partial charge in [0.1, 0.15) is 5.54 Å². The van der Waals surface area contributed by atoms with Crippen molar-refractivity contribution >= 4 is 5.97 Å². The maximum Gasteiger partial charge on any atom is 0.326 e. The molecule has 0 radical (unpaired) electrons.